The van der Waals surface area contributed by atoms with Crippen molar-refractivity contribution in [3.05, 3.63) is 59.7 Å². The van der Waals surface area contributed by atoms with Gasteiger partial charge in [0.2, 0.25) is 0 Å². The Kier molecular flexibility index (Phi) is 5.59. The maximum atomic E-state index is 14.1. The number of para-hydroxylation sites is 1. The lowest BCUT2D eigenvalue weighted by molar-refractivity contribution is 0.0695. The maximum Gasteiger partial charge on any atom is 0.343 e. The minimum absolute atomic E-state index is 0.169. The van der Waals surface area contributed by atoms with Gasteiger partial charge in [-0.3, -0.25) is 0 Å². The predicted molar refractivity (Wildman–Crippen MR) is 90.6 cm³/mol. The summed E-state index contributed by atoms with van der Waals surface area (Å²) in [5, 5.41) is 11.0. The molecule has 0 aliphatic carbocycles. The second kappa shape index (κ2) is 7.65. The molecule has 0 atom stereocenters. The van der Waals surface area contributed by atoms with Crippen LogP contribution < -0.4 is 14.8 Å². The molecule has 0 aliphatic heterocycles. The lowest BCUT2D eigenvalue weighted by atomic mass is 10.1. The summed E-state index contributed by atoms with van der Waals surface area (Å²) in [5.41, 5.74) is 0.0734. The highest BCUT2D eigenvalue weighted by atomic mass is 19.3. The van der Waals surface area contributed by atoms with Gasteiger partial charge in [0.15, 0.2) is 11.5 Å². The monoisotopic (exact) mass is 349 g/mol. The molecule has 0 saturated heterocycles. The largest absolute Gasteiger partial charge is 0.493 e. The van der Waals surface area contributed by atoms with Crippen molar-refractivity contribution in [2.24, 2.45) is 0 Å². The number of carbonyl (C=O) groups is 1. The first-order valence-corrected chi connectivity index (χ1v) is 7.26. The van der Waals surface area contributed by atoms with Crippen molar-refractivity contribution in [1.82, 2.24) is 0 Å². The van der Waals surface area contributed by atoms with Crippen LogP contribution in [-0.4, -0.2) is 31.3 Å². The fourth-order valence-corrected chi connectivity index (χ4v) is 2.16. The normalized spacial score (nSPS) is 11.4. The number of anilines is 1. The lowest BCUT2D eigenvalue weighted by Crippen LogP contribution is -2.25. The van der Waals surface area contributed by atoms with Gasteiger partial charge in [0.1, 0.15) is 0 Å². The molecule has 0 radical (unpaired) electrons. The Balaban J connectivity index is 2.21. The Morgan fingerprint density at radius 1 is 1.12 bits per heavy atom. The third kappa shape index (κ3) is 4.69. The molecule has 2 aromatic rings. The quantitative estimate of drug-likeness (QED) is 0.736. The summed E-state index contributed by atoms with van der Waals surface area (Å²) in [6, 6.07) is 6.77. The van der Waals surface area contributed by atoms with Crippen LogP contribution in [0.4, 0.5) is 14.5 Å². The van der Waals surface area contributed by atoms with E-state index in [0.29, 0.717) is 23.1 Å². The van der Waals surface area contributed by atoms with Crippen molar-refractivity contribution in [3.8, 4) is 11.5 Å². The number of alkyl halides is 2. The Bertz CT molecular complexity index is 790. The van der Waals surface area contributed by atoms with Gasteiger partial charge in [0, 0.05) is 6.08 Å². The standard InChI is InChI=1S/C18H17F2NO4/c1-24-15-8-7-12(11-16(15)25-2)9-10-18(19,20)21-14-6-4-3-5-13(14)17(22)23/h3-11,21H,1-2H3,(H,22,23)/b10-9+. The number of ether oxygens (including phenoxy) is 2. The lowest BCUT2D eigenvalue weighted by Gasteiger charge is -2.17. The van der Waals surface area contributed by atoms with E-state index in [4.69, 9.17) is 14.6 Å². The highest BCUT2D eigenvalue weighted by Crippen LogP contribution is 2.29. The average Bonchev–Trinajstić information content (AvgIpc) is 2.59. The van der Waals surface area contributed by atoms with Gasteiger partial charge in [-0.2, -0.15) is 8.78 Å². The Morgan fingerprint density at radius 3 is 2.44 bits per heavy atom. The summed E-state index contributed by atoms with van der Waals surface area (Å²) >= 11 is 0. The highest BCUT2D eigenvalue weighted by Gasteiger charge is 2.26. The SMILES string of the molecule is COc1ccc(/C=C/C(F)(F)Nc2ccccc2C(=O)O)cc1OC. The Labute approximate surface area is 143 Å². The number of methoxy groups -OCH3 is 2. The van der Waals surface area contributed by atoms with E-state index in [2.05, 4.69) is 0 Å². The average molecular weight is 349 g/mol. The van der Waals surface area contributed by atoms with Crippen molar-refractivity contribution in [3.63, 3.8) is 0 Å². The number of halogens is 2. The van der Waals surface area contributed by atoms with Crippen LogP contribution in [0.5, 0.6) is 11.5 Å². The van der Waals surface area contributed by atoms with Crippen molar-refractivity contribution < 1.29 is 28.2 Å². The number of carboxylic acid groups (broad SMARTS) is 1. The minimum atomic E-state index is -3.45. The Hall–Kier alpha value is -3.09. The molecular weight excluding hydrogens is 332 g/mol. The molecule has 2 rings (SSSR count). The summed E-state index contributed by atoms with van der Waals surface area (Å²) < 4.78 is 38.4. The first-order chi connectivity index (χ1) is 11.9. The van der Waals surface area contributed by atoms with Gasteiger partial charge in [-0.05, 0) is 29.8 Å². The van der Waals surface area contributed by atoms with Crippen LogP contribution in [0.1, 0.15) is 15.9 Å². The van der Waals surface area contributed by atoms with E-state index in [9.17, 15) is 13.6 Å². The predicted octanol–water partition coefficient (Wildman–Crippen LogP) is 4.12. The van der Waals surface area contributed by atoms with E-state index in [0.717, 1.165) is 0 Å². The molecule has 5 nitrogen and oxygen atoms in total. The molecule has 0 bridgehead atoms. The highest BCUT2D eigenvalue weighted by molar-refractivity contribution is 5.94. The zero-order valence-electron chi connectivity index (χ0n) is 13.6. The molecule has 0 amide bonds. The van der Waals surface area contributed by atoms with Crippen molar-refractivity contribution >= 4 is 17.7 Å². The van der Waals surface area contributed by atoms with Gasteiger partial charge in [0.25, 0.3) is 0 Å². The number of hydrogen-bond donors (Lipinski definition) is 2. The first kappa shape index (κ1) is 18.3. The van der Waals surface area contributed by atoms with Crippen LogP contribution in [0.2, 0.25) is 0 Å². The van der Waals surface area contributed by atoms with Gasteiger partial charge in [-0.15, -0.1) is 0 Å². The topological polar surface area (TPSA) is 67.8 Å². The van der Waals surface area contributed by atoms with Crippen LogP contribution in [0, 0.1) is 0 Å². The van der Waals surface area contributed by atoms with E-state index in [1.165, 1.54) is 44.6 Å². The minimum Gasteiger partial charge on any atom is -0.493 e. The van der Waals surface area contributed by atoms with Gasteiger partial charge in [0.05, 0.1) is 25.5 Å². The third-order valence-electron chi connectivity index (χ3n) is 3.35. The number of rotatable bonds is 7. The van der Waals surface area contributed by atoms with Crippen LogP contribution >= 0.6 is 0 Å². The van der Waals surface area contributed by atoms with Gasteiger partial charge in [-0.25, -0.2) is 4.79 Å². The third-order valence-corrected chi connectivity index (χ3v) is 3.35. The smallest absolute Gasteiger partial charge is 0.343 e. The molecule has 2 aromatic carbocycles. The molecule has 0 fully saturated rings. The Morgan fingerprint density at radius 2 is 1.80 bits per heavy atom. The van der Waals surface area contributed by atoms with Crippen molar-refractivity contribution in [2.45, 2.75) is 6.05 Å². The molecule has 0 aromatic heterocycles. The number of hydrogen-bond acceptors (Lipinski definition) is 4. The van der Waals surface area contributed by atoms with Gasteiger partial charge < -0.3 is 19.9 Å². The van der Waals surface area contributed by atoms with Crippen molar-refractivity contribution in [2.75, 3.05) is 19.5 Å². The first-order valence-electron chi connectivity index (χ1n) is 7.26. The fraction of sp³-hybridized carbons (Fsp3) is 0.167. The number of aromatic carboxylic acids is 1. The number of benzene rings is 2. The van der Waals surface area contributed by atoms with Crippen LogP contribution in [-0.2, 0) is 0 Å². The molecule has 25 heavy (non-hydrogen) atoms. The number of carboxylic acids is 1. The van der Waals surface area contributed by atoms with Gasteiger partial charge >= 0.3 is 12.0 Å². The number of nitrogens with one attached hydrogen (secondary N) is 1. The second-order valence-electron chi connectivity index (χ2n) is 5.05. The van der Waals surface area contributed by atoms with Crippen LogP contribution in [0.15, 0.2) is 48.5 Å². The van der Waals surface area contributed by atoms with E-state index in [-0.39, 0.29) is 11.3 Å². The molecular formula is C18H17F2NO4. The molecule has 2 N–H and O–H groups in total. The van der Waals surface area contributed by atoms with Crippen molar-refractivity contribution in [1.29, 1.82) is 0 Å². The summed E-state index contributed by atoms with van der Waals surface area (Å²) in [4.78, 5) is 11.1. The second-order valence-corrected chi connectivity index (χ2v) is 5.05. The molecule has 0 aliphatic rings. The fourth-order valence-electron chi connectivity index (χ4n) is 2.16. The van der Waals surface area contributed by atoms with Gasteiger partial charge in [-0.1, -0.05) is 24.3 Å². The molecule has 0 heterocycles. The molecule has 0 unspecified atom stereocenters. The summed E-state index contributed by atoms with van der Waals surface area (Å²) in [7, 11) is 2.93. The van der Waals surface area contributed by atoms with E-state index in [1.54, 1.807) is 18.2 Å². The molecule has 0 spiro atoms. The maximum absolute atomic E-state index is 14.1. The van der Waals surface area contributed by atoms with E-state index < -0.39 is 12.0 Å². The zero-order valence-corrected chi connectivity index (χ0v) is 13.6. The molecule has 7 heteroatoms. The zero-order chi connectivity index (χ0) is 18.4. The molecule has 0 saturated carbocycles. The summed E-state index contributed by atoms with van der Waals surface area (Å²) in [6.45, 7) is 0. The summed E-state index contributed by atoms with van der Waals surface area (Å²) in [5.74, 6) is -0.389. The van der Waals surface area contributed by atoms with Crippen LogP contribution in [0.25, 0.3) is 6.08 Å². The molecule has 132 valence electrons. The van der Waals surface area contributed by atoms with E-state index >= 15 is 0 Å². The van der Waals surface area contributed by atoms with E-state index in [1.807, 2.05) is 5.32 Å². The van der Waals surface area contributed by atoms with Crippen LogP contribution in [0.3, 0.4) is 0 Å². The summed E-state index contributed by atoms with van der Waals surface area (Å²) in [6.07, 6.45) is 1.85.